The van der Waals surface area contributed by atoms with E-state index in [1.54, 1.807) is 0 Å². The molecule has 0 aromatic rings. The summed E-state index contributed by atoms with van der Waals surface area (Å²) >= 11 is 0. The van der Waals surface area contributed by atoms with Gasteiger partial charge in [-0.1, -0.05) is 12.1 Å². The highest BCUT2D eigenvalue weighted by Crippen LogP contribution is 2.36. The second kappa shape index (κ2) is 6.74. The first-order chi connectivity index (χ1) is 11.0. The molecule has 2 rings (SSSR count). The summed E-state index contributed by atoms with van der Waals surface area (Å²) in [6.45, 7) is 9.25. The van der Waals surface area contributed by atoms with Crippen molar-refractivity contribution in [2.75, 3.05) is 26.2 Å². The Morgan fingerprint density at radius 3 is 2.25 bits per heavy atom. The van der Waals surface area contributed by atoms with Crippen molar-refractivity contribution in [1.82, 2.24) is 9.80 Å². The molecular weight excluding hydrogens is 315 g/mol. The van der Waals surface area contributed by atoms with Crippen LogP contribution in [0.25, 0.3) is 0 Å². The number of aliphatic carboxylic acids is 1. The smallest absolute Gasteiger partial charge is 0.480 e. The number of hydrogen-bond acceptors (Lipinski definition) is 5. The van der Waals surface area contributed by atoms with E-state index >= 15 is 0 Å². The lowest BCUT2D eigenvalue weighted by Gasteiger charge is -2.37. The van der Waals surface area contributed by atoms with Crippen LogP contribution in [0.1, 0.15) is 27.7 Å². The molecule has 0 aliphatic carbocycles. The zero-order chi connectivity index (χ0) is 18.1. The third-order valence-corrected chi connectivity index (χ3v) is 4.92. The Morgan fingerprint density at radius 2 is 1.75 bits per heavy atom. The van der Waals surface area contributed by atoms with Crippen molar-refractivity contribution < 1.29 is 29.1 Å². The van der Waals surface area contributed by atoms with Gasteiger partial charge in [0.1, 0.15) is 6.04 Å². The Balaban J connectivity index is 1.89. The lowest BCUT2D eigenvalue weighted by molar-refractivity contribution is -0.144. The molecule has 0 bridgehead atoms. The molecule has 0 unspecified atom stereocenters. The van der Waals surface area contributed by atoms with Gasteiger partial charge in [0.25, 0.3) is 0 Å². The number of hydrogen-bond donors (Lipinski definition) is 2. The second-order valence-electron chi connectivity index (χ2n) is 7.14. The molecule has 2 heterocycles. The number of piperazine rings is 1. The molecule has 8 nitrogen and oxygen atoms in total. The Kier molecular flexibility index (Phi) is 5.27. The number of carboxylic acids is 1. The number of carbonyl (C=O) groups is 2. The lowest BCUT2D eigenvalue weighted by Crippen LogP contribution is -2.57. The monoisotopic (exact) mass is 340 g/mol. The minimum absolute atomic E-state index is 0.162. The van der Waals surface area contributed by atoms with E-state index in [0.717, 1.165) is 4.90 Å². The highest BCUT2D eigenvalue weighted by Gasteiger charge is 2.50. The maximum atomic E-state index is 11.3. The molecule has 24 heavy (non-hydrogen) atoms. The van der Waals surface area contributed by atoms with E-state index in [4.69, 9.17) is 14.4 Å². The van der Waals surface area contributed by atoms with Crippen LogP contribution in [0.5, 0.6) is 0 Å². The van der Waals surface area contributed by atoms with E-state index in [0.29, 0.717) is 13.1 Å². The molecule has 0 saturated carbocycles. The fourth-order valence-corrected chi connectivity index (χ4v) is 2.73. The Bertz CT molecular complexity index is 520. The lowest BCUT2D eigenvalue weighted by atomic mass is 9.90. The van der Waals surface area contributed by atoms with Gasteiger partial charge in [-0.15, -0.1) is 0 Å². The minimum atomic E-state index is -1.20. The normalized spacial score (nSPS) is 26.9. The van der Waals surface area contributed by atoms with Crippen molar-refractivity contribution in [2.24, 2.45) is 0 Å². The van der Waals surface area contributed by atoms with Crippen molar-refractivity contribution in [3.05, 3.63) is 12.1 Å². The average molecular weight is 340 g/mol. The van der Waals surface area contributed by atoms with Gasteiger partial charge in [0.2, 0.25) is 0 Å². The predicted molar refractivity (Wildman–Crippen MR) is 87.8 cm³/mol. The first-order valence-corrected chi connectivity index (χ1v) is 8.00. The van der Waals surface area contributed by atoms with Crippen LogP contribution in [-0.4, -0.2) is 82.6 Å². The van der Waals surface area contributed by atoms with Gasteiger partial charge >= 0.3 is 19.2 Å². The average Bonchev–Trinajstić information content (AvgIpc) is 2.66. The Labute approximate surface area is 142 Å². The van der Waals surface area contributed by atoms with Crippen LogP contribution in [0.3, 0.4) is 0 Å². The minimum Gasteiger partial charge on any atom is -0.480 e. The summed E-state index contributed by atoms with van der Waals surface area (Å²) in [6.07, 6.45) is 0.673. The van der Waals surface area contributed by atoms with Gasteiger partial charge in [-0.05, 0) is 27.7 Å². The molecule has 0 aromatic carbocycles. The van der Waals surface area contributed by atoms with Crippen LogP contribution in [0, 0.1) is 0 Å². The fraction of sp³-hybridized carbons (Fsp3) is 0.733. The second-order valence-corrected chi connectivity index (χ2v) is 7.14. The van der Waals surface area contributed by atoms with E-state index in [1.807, 2.05) is 44.6 Å². The quantitative estimate of drug-likeness (QED) is 0.734. The Hall–Kier alpha value is -1.58. The summed E-state index contributed by atoms with van der Waals surface area (Å²) in [5.74, 6) is 0.688. The predicted octanol–water partition coefficient (Wildman–Crippen LogP) is 0.923. The van der Waals surface area contributed by atoms with Gasteiger partial charge in [0.15, 0.2) is 0 Å². The number of rotatable bonds is 4. The van der Waals surface area contributed by atoms with Gasteiger partial charge in [0.05, 0.1) is 11.2 Å². The van der Waals surface area contributed by atoms with E-state index in [9.17, 15) is 14.7 Å². The third kappa shape index (κ3) is 3.91. The summed E-state index contributed by atoms with van der Waals surface area (Å²) in [5.41, 5.74) is -0.799. The fourth-order valence-electron chi connectivity index (χ4n) is 2.73. The highest BCUT2D eigenvalue weighted by molar-refractivity contribution is 6.51. The summed E-state index contributed by atoms with van der Waals surface area (Å²) < 4.78 is 11.7. The van der Waals surface area contributed by atoms with Gasteiger partial charge < -0.3 is 19.5 Å². The summed E-state index contributed by atoms with van der Waals surface area (Å²) in [5, 5.41) is 18.3. The summed E-state index contributed by atoms with van der Waals surface area (Å²) in [4.78, 5) is 25.2. The molecule has 0 radical (unpaired) electrons. The first kappa shape index (κ1) is 18.8. The van der Waals surface area contributed by atoms with Crippen LogP contribution in [0.15, 0.2) is 12.1 Å². The van der Waals surface area contributed by atoms with Crippen molar-refractivity contribution in [1.29, 1.82) is 0 Å². The topological polar surface area (TPSA) is 99.5 Å². The molecular formula is C15H25BN2O6. The van der Waals surface area contributed by atoms with Gasteiger partial charge in [-0.25, -0.2) is 9.59 Å². The van der Waals surface area contributed by atoms with E-state index in [2.05, 4.69) is 0 Å². The standard InChI is InChI=1S/C15H25BN2O6/c1-14(2)15(3,4)24-16(23-14)6-5-7-17-8-9-18(13(21)22)11(10-17)12(19)20/h5-6,11H,7-10H2,1-4H3,(H,19,20)(H,21,22)/b6-5+/t11-/m1/s1. The largest absolute Gasteiger partial charge is 0.486 e. The van der Waals surface area contributed by atoms with Crippen LogP contribution in [0.4, 0.5) is 4.79 Å². The van der Waals surface area contributed by atoms with Crippen molar-refractivity contribution in [2.45, 2.75) is 44.9 Å². The van der Waals surface area contributed by atoms with Gasteiger partial charge in [-0.2, -0.15) is 0 Å². The molecule has 2 aliphatic rings. The zero-order valence-corrected chi connectivity index (χ0v) is 14.6. The van der Waals surface area contributed by atoms with Crippen molar-refractivity contribution in [3.8, 4) is 0 Å². The highest BCUT2D eigenvalue weighted by atomic mass is 16.7. The van der Waals surface area contributed by atoms with Crippen LogP contribution in [0.2, 0.25) is 0 Å². The maximum Gasteiger partial charge on any atom is 0.486 e. The summed E-state index contributed by atoms with van der Waals surface area (Å²) in [6, 6.07) is -1.04. The van der Waals surface area contributed by atoms with Gasteiger partial charge in [-0.3, -0.25) is 9.80 Å². The molecule has 0 aromatic heterocycles. The molecule has 9 heteroatoms. The van der Waals surface area contributed by atoms with Crippen LogP contribution < -0.4 is 0 Å². The van der Waals surface area contributed by atoms with Crippen LogP contribution in [-0.2, 0) is 14.1 Å². The molecule has 2 aliphatic heterocycles. The van der Waals surface area contributed by atoms with E-state index < -0.39 is 36.4 Å². The Morgan fingerprint density at radius 1 is 1.17 bits per heavy atom. The first-order valence-electron chi connectivity index (χ1n) is 8.00. The van der Waals surface area contributed by atoms with Crippen molar-refractivity contribution >= 4 is 19.2 Å². The molecule has 2 N–H and O–H groups in total. The molecule has 2 fully saturated rings. The number of amides is 1. The molecule has 2 saturated heterocycles. The maximum absolute atomic E-state index is 11.3. The zero-order valence-electron chi connectivity index (χ0n) is 14.6. The van der Waals surface area contributed by atoms with Gasteiger partial charge in [0, 0.05) is 26.2 Å². The van der Waals surface area contributed by atoms with E-state index in [1.165, 1.54) is 0 Å². The SMILES string of the molecule is CC1(C)OB(/C=C/CN2CCN(C(=O)O)[C@@H](C(=O)O)C2)OC1(C)C. The third-order valence-electron chi connectivity index (χ3n) is 4.92. The van der Waals surface area contributed by atoms with E-state index in [-0.39, 0.29) is 13.1 Å². The molecule has 1 amide bonds. The summed E-state index contributed by atoms with van der Waals surface area (Å²) in [7, 11) is -0.439. The molecule has 1 atom stereocenters. The molecule has 0 spiro atoms. The van der Waals surface area contributed by atoms with Crippen LogP contribution >= 0.6 is 0 Å². The number of nitrogens with zero attached hydrogens (tertiary/aromatic N) is 2. The number of carboxylic acid groups (broad SMARTS) is 2. The van der Waals surface area contributed by atoms with Crippen molar-refractivity contribution in [3.63, 3.8) is 0 Å². The molecule has 134 valence electrons.